The maximum Gasteiger partial charge on any atom is 0.260 e. The number of nitrogens with two attached hydrogens (primary N) is 1. The zero-order valence-corrected chi connectivity index (χ0v) is 12.6. The highest BCUT2D eigenvalue weighted by molar-refractivity contribution is 6.32. The summed E-state index contributed by atoms with van der Waals surface area (Å²) < 4.78 is 5.77. The molecule has 1 aromatic carbocycles. The smallest absolute Gasteiger partial charge is 0.260 e. The average molecular weight is 297 g/mol. The lowest BCUT2D eigenvalue weighted by atomic mass is 10.1. The molecular weight excluding hydrogens is 276 g/mol. The summed E-state index contributed by atoms with van der Waals surface area (Å²) in [7, 11) is 0. The summed E-state index contributed by atoms with van der Waals surface area (Å²) in [6, 6.07) is 5.88. The van der Waals surface area contributed by atoms with Crippen LogP contribution in [0.5, 0.6) is 5.75 Å². The maximum atomic E-state index is 11.9. The van der Waals surface area contributed by atoms with Crippen LogP contribution in [0.4, 0.5) is 0 Å². The van der Waals surface area contributed by atoms with E-state index in [1.54, 1.807) is 13.0 Å². The summed E-state index contributed by atoms with van der Waals surface area (Å²) in [5.41, 5.74) is 6.76. The van der Waals surface area contributed by atoms with Crippen LogP contribution in [0.25, 0.3) is 0 Å². The van der Waals surface area contributed by atoms with Crippen molar-refractivity contribution in [1.29, 1.82) is 0 Å². The maximum absolute atomic E-state index is 11.9. The molecular formula is C15H21ClN2O2. The van der Waals surface area contributed by atoms with Crippen molar-refractivity contribution in [3.63, 3.8) is 0 Å². The van der Waals surface area contributed by atoms with Crippen LogP contribution >= 0.6 is 11.6 Å². The van der Waals surface area contributed by atoms with Crippen LogP contribution in [0.3, 0.4) is 0 Å². The van der Waals surface area contributed by atoms with Crippen LogP contribution < -0.4 is 15.8 Å². The average Bonchev–Trinajstić information content (AvgIpc) is 3.16. The van der Waals surface area contributed by atoms with E-state index in [2.05, 4.69) is 5.32 Å². The van der Waals surface area contributed by atoms with E-state index in [4.69, 9.17) is 22.1 Å². The van der Waals surface area contributed by atoms with Gasteiger partial charge in [0.1, 0.15) is 5.75 Å². The molecule has 1 aliphatic carbocycles. The van der Waals surface area contributed by atoms with E-state index in [-0.39, 0.29) is 11.9 Å². The summed E-state index contributed by atoms with van der Waals surface area (Å²) in [5.74, 6) is 0.462. The van der Waals surface area contributed by atoms with E-state index in [9.17, 15) is 4.79 Å². The summed E-state index contributed by atoms with van der Waals surface area (Å²) in [4.78, 5) is 11.9. The summed E-state index contributed by atoms with van der Waals surface area (Å²) in [6.45, 7) is 3.66. The molecule has 0 aliphatic heterocycles. The normalized spacial score (nSPS) is 17.4. The Hall–Kier alpha value is -1.26. The predicted octanol–water partition coefficient (Wildman–Crippen LogP) is 2.28. The van der Waals surface area contributed by atoms with Gasteiger partial charge in [-0.05, 0) is 44.7 Å². The number of carbonyl (C=O) groups excluding carboxylic acids is 1. The number of hydrogen-bond acceptors (Lipinski definition) is 3. The molecule has 2 rings (SSSR count). The first-order chi connectivity index (χ1) is 9.47. The molecule has 1 amide bonds. The number of benzene rings is 1. The highest BCUT2D eigenvalue weighted by Gasteiger charge is 2.27. The SMILES string of the molecule is CC(N)Cc1cccc(Cl)c1OC(C)C(=O)NC1CC1. The number of rotatable bonds is 6. The second-order valence-electron chi connectivity index (χ2n) is 5.45. The van der Waals surface area contributed by atoms with Crippen molar-refractivity contribution in [3.05, 3.63) is 28.8 Å². The van der Waals surface area contributed by atoms with E-state index in [1.807, 2.05) is 19.1 Å². The lowest BCUT2D eigenvalue weighted by Gasteiger charge is -2.19. The van der Waals surface area contributed by atoms with Gasteiger partial charge < -0.3 is 15.8 Å². The fourth-order valence-corrected chi connectivity index (χ4v) is 2.21. The molecule has 0 heterocycles. The molecule has 1 fully saturated rings. The molecule has 2 atom stereocenters. The monoisotopic (exact) mass is 296 g/mol. The van der Waals surface area contributed by atoms with E-state index in [1.165, 1.54) is 0 Å². The van der Waals surface area contributed by atoms with Crippen molar-refractivity contribution in [2.45, 2.75) is 51.3 Å². The Bertz CT molecular complexity index is 487. The molecule has 3 N–H and O–H groups in total. The third-order valence-electron chi connectivity index (χ3n) is 3.18. The molecule has 0 spiro atoms. The number of carbonyl (C=O) groups is 1. The molecule has 20 heavy (non-hydrogen) atoms. The molecule has 0 radical (unpaired) electrons. The first-order valence-corrected chi connectivity index (χ1v) is 7.35. The number of halogens is 1. The Morgan fingerprint density at radius 3 is 2.80 bits per heavy atom. The van der Waals surface area contributed by atoms with Crippen molar-refractivity contribution in [3.8, 4) is 5.75 Å². The molecule has 2 unspecified atom stereocenters. The molecule has 110 valence electrons. The standard InChI is InChI=1S/C15H21ClN2O2/c1-9(17)8-11-4-3-5-13(16)14(11)20-10(2)15(19)18-12-6-7-12/h3-5,9-10,12H,6-8,17H2,1-2H3,(H,18,19). The largest absolute Gasteiger partial charge is 0.479 e. The molecule has 0 aromatic heterocycles. The van der Waals surface area contributed by atoms with E-state index >= 15 is 0 Å². The van der Waals surface area contributed by atoms with E-state index in [0.29, 0.717) is 23.2 Å². The van der Waals surface area contributed by atoms with Gasteiger partial charge in [-0.15, -0.1) is 0 Å². The molecule has 1 aliphatic rings. The Balaban J connectivity index is 2.08. The molecule has 5 heteroatoms. The lowest BCUT2D eigenvalue weighted by Crippen LogP contribution is -2.37. The van der Waals surface area contributed by atoms with Gasteiger partial charge in [0.25, 0.3) is 5.91 Å². The van der Waals surface area contributed by atoms with Gasteiger partial charge in [0.2, 0.25) is 0 Å². The van der Waals surface area contributed by atoms with Crippen molar-refractivity contribution < 1.29 is 9.53 Å². The van der Waals surface area contributed by atoms with Gasteiger partial charge in [-0.3, -0.25) is 4.79 Å². The molecule has 1 saturated carbocycles. The van der Waals surface area contributed by atoms with Crippen molar-refractivity contribution in [2.24, 2.45) is 5.73 Å². The second kappa shape index (κ2) is 6.46. The predicted molar refractivity (Wildman–Crippen MR) is 80.1 cm³/mol. The number of para-hydroxylation sites is 1. The van der Waals surface area contributed by atoms with Gasteiger partial charge in [-0.25, -0.2) is 0 Å². The van der Waals surface area contributed by atoms with Crippen LogP contribution in [-0.2, 0) is 11.2 Å². The van der Waals surface area contributed by atoms with Crippen molar-refractivity contribution in [2.75, 3.05) is 0 Å². The Morgan fingerprint density at radius 2 is 2.20 bits per heavy atom. The first-order valence-electron chi connectivity index (χ1n) is 6.97. The Kier molecular flexibility index (Phi) is 4.89. The van der Waals surface area contributed by atoms with Crippen LogP contribution in [0.1, 0.15) is 32.3 Å². The van der Waals surface area contributed by atoms with Crippen molar-refractivity contribution in [1.82, 2.24) is 5.32 Å². The van der Waals surface area contributed by atoms with E-state index in [0.717, 1.165) is 18.4 Å². The van der Waals surface area contributed by atoms with Gasteiger partial charge in [0.05, 0.1) is 5.02 Å². The minimum absolute atomic E-state index is 0.00594. The first kappa shape index (κ1) is 15.1. The zero-order chi connectivity index (χ0) is 14.7. The Morgan fingerprint density at radius 1 is 1.50 bits per heavy atom. The number of hydrogen-bond donors (Lipinski definition) is 2. The van der Waals surface area contributed by atoms with Gasteiger partial charge in [0, 0.05) is 12.1 Å². The topological polar surface area (TPSA) is 64.3 Å². The van der Waals surface area contributed by atoms with Gasteiger partial charge in [-0.2, -0.15) is 0 Å². The third-order valence-corrected chi connectivity index (χ3v) is 3.48. The molecule has 0 bridgehead atoms. The second-order valence-corrected chi connectivity index (χ2v) is 5.86. The van der Waals surface area contributed by atoms with Crippen LogP contribution in [-0.4, -0.2) is 24.1 Å². The fraction of sp³-hybridized carbons (Fsp3) is 0.533. The van der Waals surface area contributed by atoms with Crippen molar-refractivity contribution >= 4 is 17.5 Å². The highest BCUT2D eigenvalue weighted by atomic mass is 35.5. The van der Waals surface area contributed by atoms with Crippen LogP contribution in [0, 0.1) is 0 Å². The molecule has 0 saturated heterocycles. The quantitative estimate of drug-likeness (QED) is 0.846. The Labute approximate surface area is 124 Å². The van der Waals surface area contributed by atoms with Gasteiger partial charge in [-0.1, -0.05) is 23.7 Å². The minimum Gasteiger partial charge on any atom is -0.479 e. The number of nitrogens with one attached hydrogen (secondary N) is 1. The zero-order valence-electron chi connectivity index (χ0n) is 11.9. The van der Waals surface area contributed by atoms with Gasteiger partial charge in [0.15, 0.2) is 6.10 Å². The van der Waals surface area contributed by atoms with Gasteiger partial charge >= 0.3 is 0 Å². The van der Waals surface area contributed by atoms with E-state index < -0.39 is 6.10 Å². The summed E-state index contributed by atoms with van der Waals surface area (Å²) in [5, 5.41) is 3.43. The summed E-state index contributed by atoms with van der Waals surface area (Å²) >= 11 is 6.18. The molecule has 1 aromatic rings. The highest BCUT2D eigenvalue weighted by Crippen LogP contribution is 2.30. The number of amides is 1. The lowest BCUT2D eigenvalue weighted by molar-refractivity contribution is -0.127. The number of ether oxygens (including phenoxy) is 1. The molecule has 4 nitrogen and oxygen atoms in total. The van der Waals surface area contributed by atoms with Crippen LogP contribution in [0.15, 0.2) is 18.2 Å². The summed E-state index contributed by atoms with van der Waals surface area (Å²) in [6.07, 6.45) is 2.20. The third kappa shape index (κ3) is 4.12. The minimum atomic E-state index is -0.567. The fourth-order valence-electron chi connectivity index (χ4n) is 1.97. The van der Waals surface area contributed by atoms with Crippen LogP contribution in [0.2, 0.25) is 5.02 Å².